The van der Waals surface area contributed by atoms with Gasteiger partial charge in [0.15, 0.2) is 12.4 Å². The van der Waals surface area contributed by atoms with Crippen molar-refractivity contribution in [1.82, 2.24) is 0 Å². The van der Waals surface area contributed by atoms with Crippen LogP contribution in [0.3, 0.4) is 0 Å². The second-order valence-corrected chi connectivity index (χ2v) is 16.0. The molecule has 1 heterocycles. The maximum absolute atomic E-state index is 2.59. The van der Waals surface area contributed by atoms with E-state index in [0.717, 1.165) is 0 Å². The molecule has 0 spiro atoms. The molecule has 1 nitrogen and oxygen atoms in total. The number of nitrogens with zero attached hydrogens (tertiary/aromatic N) is 1. The summed E-state index contributed by atoms with van der Waals surface area (Å²) in [5.74, 6) is 0. The fourth-order valence-electron chi connectivity index (χ4n) is 7.65. The van der Waals surface area contributed by atoms with Gasteiger partial charge in [-0.3, -0.25) is 0 Å². The van der Waals surface area contributed by atoms with Crippen LogP contribution in [-0.2, 0) is 19.4 Å². The largest absolute Gasteiger partial charge is 0.205 e. The zero-order valence-corrected chi connectivity index (χ0v) is 33.8. The van der Waals surface area contributed by atoms with Crippen LogP contribution in [0.4, 0.5) is 0 Å². The van der Waals surface area contributed by atoms with Crippen LogP contribution in [0.1, 0.15) is 263 Å². The molecule has 0 radical (unpaired) electrons. The SMILES string of the molecule is CCCCCCCCCCCCCCc1cc(CCCCCCCCCCCCCC)c[n+](CCCCCCCCCCCCCC)c1. The van der Waals surface area contributed by atoms with Crippen molar-refractivity contribution in [2.45, 2.75) is 271 Å². The molecule has 0 atom stereocenters. The van der Waals surface area contributed by atoms with Gasteiger partial charge in [0.05, 0.1) is 0 Å². The molecule has 0 aliphatic rings. The third-order valence-electron chi connectivity index (χ3n) is 10.9. The molecule has 1 aromatic heterocycles. The Morgan fingerprint density at radius 1 is 0.292 bits per heavy atom. The Morgan fingerprint density at radius 3 is 0.792 bits per heavy atom. The number of unbranched alkanes of at least 4 members (excludes halogenated alkanes) is 33. The lowest BCUT2D eigenvalue weighted by Gasteiger charge is -2.07. The highest BCUT2D eigenvalue weighted by Gasteiger charge is 2.09. The molecule has 0 saturated heterocycles. The summed E-state index contributed by atoms with van der Waals surface area (Å²) in [5.41, 5.74) is 3.22. The molecule has 1 heteroatoms. The molecular formula is C47H90N+. The first-order chi connectivity index (χ1) is 23.8. The number of hydrogen-bond acceptors (Lipinski definition) is 0. The van der Waals surface area contributed by atoms with Crippen LogP contribution in [0.5, 0.6) is 0 Å². The van der Waals surface area contributed by atoms with E-state index in [4.69, 9.17) is 0 Å². The van der Waals surface area contributed by atoms with Gasteiger partial charge in [0, 0.05) is 17.5 Å². The van der Waals surface area contributed by atoms with Gasteiger partial charge in [0.25, 0.3) is 0 Å². The first-order valence-corrected chi connectivity index (χ1v) is 22.8. The Kier molecular flexibility index (Phi) is 35.2. The Balaban J connectivity index is 2.32. The van der Waals surface area contributed by atoms with E-state index in [0.29, 0.717) is 0 Å². The maximum atomic E-state index is 2.59. The number of hydrogen-bond donors (Lipinski definition) is 0. The second kappa shape index (κ2) is 37.4. The summed E-state index contributed by atoms with van der Waals surface area (Å²) in [6, 6.07) is 2.58. The molecule has 0 amide bonds. The molecule has 0 fully saturated rings. The van der Waals surface area contributed by atoms with Crippen LogP contribution in [0.15, 0.2) is 18.5 Å². The normalized spacial score (nSPS) is 11.6. The summed E-state index contributed by atoms with van der Waals surface area (Å²) in [4.78, 5) is 0. The number of aromatic nitrogens is 1. The lowest BCUT2D eigenvalue weighted by atomic mass is 10.0. The molecule has 0 N–H and O–H groups in total. The maximum Gasteiger partial charge on any atom is 0.171 e. The molecule has 0 aliphatic heterocycles. The van der Waals surface area contributed by atoms with Crippen LogP contribution in [0.25, 0.3) is 0 Å². The van der Waals surface area contributed by atoms with Crippen LogP contribution in [0.2, 0.25) is 0 Å². The van der Waals surface area contributed by atoms with E-state index in [2.05, 4.69) is 43.8 Å². The van der Waals surface area contributed by atoms with Crippen LogP contribution < -0.4 is 4.57 Å². The van der Waals surface area contributed by atoms with Crippen molar-refractivity contribution >= 4 is 0 Å². The topological polar surface area (TPSA) is 3.88 Å². The van der Waals surface area contributed by atoms with E-state index in [1.165, 1.54) is 251 Å². The van der Waals surface area contributed by atoms with E-state index in [1.807, 2.05) is 0 Å². The standard InChI is InChI=1S/C47H90N/c1-4-7-10-13-16-19-22-25-28-31-34-37-40-46-43-47(41-38-35-32-29-26-23-20-17-14-11-8-5-2)45-48(44-46)42-39-36-33-30-27-24-21-18-15-12-9-6-3/h43-45H,4-42H2,1-3H3/q+1. The quantitative estimate of drug-likeness (QED) is 0.0485. The Labute approximate surface area is 304 Å². The fraction of sp³-hybridized carbons (Fsp3) is 0.894. The van der Waals surface area contributed by atoms with Crippen molar-refractivity contribution < 1.29 is 4.57 Å². The van der Waals surface area contributed by atoms with E-state index < -0.39 is 0 Å². The van der Waals surface area contributed by atoms with Crippen LogP contribution in [0, 0.1) is 0 Å². The Hall–Kier alpha value is -0.850. The highest BCUT2D eigenvalue weighted by atomic mass is 14.9. The molecule has 0 unspecified atom stereocenters. The molecule has 1 rings (SSSR count). The Bertz CT molecular complexity index is 641. The first-order valence-electron chi connectivity index (χ1n) is 22.8. The second-order valence-electron chi connectivity index (χ2n) is 16.0. The monoisotopic (exact) mass is 669 g/mol. The lowest BCUT2D eigenvalue weighted by Crippen LogP contribution is -2.34. The molecule has 0 saturated carbocycles. The minimum absolute atomic E-state index is 1.22. The molecule has 1 aromatic rings. The number of rotatable bonds is 39. The van der Waals surface area contributed by atoms with Crippen LogP contribution in [-0.4, -0.2) is 0 Å². The zero-order valence-electron chi connectivity index (χ0n) is 33.8. The van der Waals surface area contributed by atoms with Gasteiger partial charge in [-0.2, -0.15) is 0 Å². The van der Waals surface area contributed by atoms with Crippen molar-refractivity contribution in [2.24, 2.45) is 0 Å². The summed E-state index contributed by atoms with van der Waals surface area (Å²) in [6.07, 6.45) is 59.3. The van der Waals surface area contributed by atoms with Gasteiger partial charge in [-0.05, 0) is 38.2 Å². The van der Waals surface area contributed by atoms with E-state index in [1.54, 1.807) is 11.1 Å². The fourth-order valence-corrected chi connectivity index (χ4v) is 7.65. The van der Waals surface area contributed by atoms with E-state index in [-0.39, 0.29) is 0 Å². The zero-order chi connectivity index (χ0) is 34.4. The van der Waals surface area contributed by atoms with Gasteiger partial charge in [-0.15, -0.1) is 0 Å². The predicted octanol–water partition coefficient (Wildman–Crippen LogP) is 16.2. The van der Waals surface area contributed by atoms with Gasteiger partial charge in [-0.25, -0.2) is 4.57 Å². The average molecular weight is 669 g/mol. The first kappa shape index (κ1) is 45.2. The molecule has 0 bridgehead atoms. The number of aryl methyl sites for hydroxylation is 3. The summed E-state index contributed by atoms with van der Waals surface area (Å²) in [5, 5.41) is 0. The van der Waals surface area contributed by atoms with Crippen molar-refractivity contribution in [3.63, 3.8) is 0 Å². The Morgan fingerprint density at radius 2 is 0.521 bits per heavy atom. The van der Waals surface area contributed by atoms with Crippen LogP contribution >= 0.6 is 0 Å². The summed E-state index contributed by atoms with van der Waals surface area (Å²) in [7, 11) is 0. The summed E-state index contributed by atoms with van der Waals surface area (Å²) in [6.45, 7) is 8.16. The van der Waals surface area contributed by atoms with Gasteiger partial charge in [0.2, 0.25) is 0 Å². The highest BCUT2D eigenvalue weighted by Crippen LogP contribution is 2.17. The van der Waals surface area contributed by atoms with Gasteiger partial charge < -0.3 is 0 Å². The molecular weight excluding hydrogens is 579 g/mol. The van der Waals surface area contributed by atoms with Gasteiger partial charge in [-0.1, -0.05) is 226 Å². The molecule has 0 aromatic carbocycles. The molecule has 48 heavy (non-hydrogen) atoms. The smallest absolute Gasteiger partial charge is 0.171 e. The minimum atomic E-state index is 1.22. The van der Waals surface area contributed by atoms with Crippen molar-refractivity contribution in [3.8, 4) is 0 Å². The van der Waals surface area contributed by atoms with Gasteiger partial charge >= 0.3 is 0 Å². The summed E-state index contributed by atoms with van der Waals surface area (Å²) < 4.78 is 2.59. The minimum Gasteiger partial charge on any atom is -0.205 e. The van der Waals surface area contributed by atoms with Crippen molar-refractivity contribution in [1.29, 1.82) is 0 Å². The van der Waals surface area contributed by atoms with Crippen molar-refractivity contribution in [3.05, 3.63) is 29.6 Å². The summed E-state index contributed by atoms with van der Waals surface area (Å²) >= 11 is 0. The predicted molar refractivity (Wildman–Crippen MR) is 217 cm³/mol. The third-order valence-corrected chi connectivity index (χ3v) is 10.9. The van der Waals surface area contributed by atoms with E-state index in [9.17, 15) is 0 Å². The van der Waals surface area contributed by atoms with E-state index >= 15 is 0 Å². The molecule has 282 valence electrons. The van der Waals surface area contributed by atoms with Crippen molar-refractivity contribution in [2.75, 3.05) is 0 Å². The molecule has 0 aliphatic carbocycles. The number of pyridine rings is 1. The highest BCUT2D eigenvalue weighted by molar-refractivity contribution is 5.15. The van der Waals surface area contributed by atoms with Gasteiger partial charge in [0.1, 0.15) is 6.54 Å². The third kappa shape index (κ3) is 31.2. The lowest BCUT2D eigenvalue weighted by molar-refractivity contribution is -0.698. The average Bonchev–Trinajstić information content (AvgIpc) is 3.09.